The maximum Gasteiger partial charge on any atom is 0.236 e. The number of benzene rings is 1. The van der Waals surface area contributed by atoms with Gasteiger partial charge in [0.2, 0.25) is 11.0 Å². The normalized spacial score (nSPS) is 10.6. The molecule has 21 heavy (non-hydrogen) atoms. The summed E-state index contributed by atoms with van der Waals surface area (Å²) in [5.74, 6) is -1.99. The molecule has 0 fully saturated rings. The minimum absolute atomic E-state index is 0.0910. The molecular weight excluding hydrogens is 316 g/mol. The molecule has 1 heterocycles. The van der Waals surface area contributed by atoms with Gasteiger partial charge in [0, 0.05) is 11.3 Å². The molecule has 1 amide bonds. The van der Waals surface area contributed by atoms with Gasteiger partial charge < -0.3 is 0 Å². The number of aromatic nitrogens is 2. The van der Waals surface area contributed by atoms with E-state index in [4.69, 9.17) is 0 Å². The Morgan fingerprint density at radius 1 is 1.33 bits per heavy atom. The number of hydrogen-bond donors (Lipinski definition) is 1. The monoisotopic (exact) mass is 329 g/mol. The molecule has 0 aliphatic heterocycles. The second-order valence-corrected chi connectivity index (χ2v) is 6.27. The highest BCUT2D eigenvalue weighted by Gasteiger charge is 2.09. The lowest BCUT2D eigenvalue weighted by Crippen LogP contribution is -2.13. The van der Waals surface area contributed by atoms with Crippen LogP contribution in [0.1, 0.15) is 18.4 Å². The maximum absolute atomic E-state index is 13.0. The van der Waals surface area contributed by atoms with Crippen LogP contribution in [0.15, 0.2) is 23.1 Å². The first-order valence-electron chi connectivity index (χ1n) is 6.28. The number of thioether (sulfide) groups is 1. The molecule has 8 heteroatoms. The lowest BCUT2D eigenvalue weighted by atomic mass is 10.3. The van der Waals surface area contributed by atoms with Crippen LogP contribution < -0.4 is 5.32 Å². The number of rotatable bonds is 6. The van der Waals surface area contributed by atoms with E-state index in [1.54, 1.807) is 0 Å². The van der Waals surface area contributed by atoms with Gasteiger partial charge in [-0.1, -0.05) is 18.3 Å². The first kappa shape index (κ1) is 15.8. The Balaban J connectivity index is 1.85. The first-order valence-corrected chi connectivity index (χ1v) is 8.08. The average molecular weight is 329 g/mol. The fourth-order valence-corrected chi connectivity index (χ4v) is 3.07. The summed E-state index contributed by atoms with van der Waals surface area (Å²) in [6.07, 6.45) is 1.80. The Morgan fingerprint density at radius 3 is 2.86 bits per heavy atom. The van der Waals surface area contributed by atoms with E-state index >= 15 is 0 Å². The van der Waals surface area contributed by atoms with Gasteiger partial charge >= 0.3 is 0 Å². The molecule has 0 spiro atoms. The minimum Gasteiger partial charge on any atom is -0.300 e. The molecule has 1 aromatic carbocycles. The topological polar surface area (TPSA) is 54.9 Å². The molecule has 1 aromatic heterocycles. The van der Waals surface area contributed by atoms with Gasteiger partial charge in [0.15, 0.2) is 11.6 Å². The van der Waals surface area contributed by atoms with E-state index in [1.165, 1.54) is 17.4 Å². The van der Waals surface area contributed by atoms with Crippen LogP contribution in [0.2, 0.25) is 0 Å². The zero-order valence-electron chi connectivity index (χ0n) is 11.2. The van der Waals surface area contributed by atoms with Crippen molar-refractivity contribution in [3.05, 3.63) is 34.8 Å². The third kappa shape index (κ3) is 4.75. The summed E-state index contributed by atoms with van der Waals surface area (Å²) in [6, 6.07) is 3.54. The number of anilines is 1. The van der Waals surface area contributed by atoms with Crippen molar-refractivity contribution < 1.29 is 13.6 Å². The van der Waals surface area contributed by atoms with Crippen molar-refractivity contribution in [1.82, 2.24) is 10.2 Å². The summed E-state index contributed by atoms with van der Waals surface area (Å²) in [7, 11) is 0. The third-order valence-corrected chi connectivity index (χ3v) is 4.33. The highest BCUT2D eigenvalue weighted by molar-refractivity contribution is 8.00. The van der Waals surface area contributed by atoms with E-state index in [0.29, 0.717) is 10.0 Å². The number of nitrogens with zero attached hydrogens (tertiary/aromatic N) is 2. The molecule has 112 valence electrons. The second kappa shape index (κ2) is 7.46. The van der Waals surface area contributed by atoms with Gasteiger partial charge in [0.05, 0.1) is 5.75 Å². The summed E-state index contributed by atoms with van der Waals surface area (Å²) >= 11 is 2.46. The fourth-order valence-electron chi connectivity index (χ4n) is 1.49. The number of aryl methyl sites for hydroxylation is 1. The van der Waals surface area contributed by atoms with Crippen molar-refractivity contribution in [3.63, 3.8) is 0 Å². The SMILES string of the molecule is CCCc1nnc(NC(=O)CSc2ccc(F)c(F)c2)s1. The largest absolute Gasteiger partial charge is 0.300 e. The lowest BCUT2D eigenvalue weighted by molar-refractivity contribution is -0.113. The summed E-state index contributed by atoms with van der Waals surface area (Å²) in [5.41, 5.74) is 0. The Labute approximate surface area is 129 Å². The van der Waals surface area contributed by atoms with Gasteiger partial charge in [-0.2, -0.15) is 0 Å². The molecule has 0 saturated heterocycles. The molecule has 0 atom stereocenters. The summed E-state index contributed by atoms with van der Waals surface area (Å²) in [6.45, 7) is 2.04. The molecule has 0 bridgehead atoms. The predicted octanol–water partition coefficient (Wildman–Crippen LogP) is 3.50. The summed E-state index contributed by atoms with van der Waals surface area (Å²) in [4.78, 5) is 12.2. The summed E-state index contributed by atoms with van der Waals surface area (Å²) < 4.78 is 25.8. The number of amides is 1. The molecule has 2 rings (SSSR count). The van der Waals surface area contributed by atoms with Crippen molar-refractivity contribution in [3.8, 4) is 0 Å². The van der Waals surface area contributed by atoms with Crippen LogP contribution >= 0.6 is 23.1 Å². The predicted molar refractivity (Wildman–Crippen MR) is 79.6 cm³/mol. The molecule has 4 nitrogen and oxygen atoms in total. The molecule has 0 aliphatic carbocycles. The number of nitrogens with one attached hydrogen (secondary N) is 1. The Hall–Kier alpha value is -1.54. The highest BCUT2D eigenvalue weighted by atomic mass is 32.2. The van der Waals surface area contributed by atoms with Crippen molar-refractivity contribution in [2.24, 2.45) is 0 Å². The zero-order chi connectivity index (χ0) is 15.2. The smallest absolute Gasteiger partial charge is 0.236 e. The van der Waals surface area contributed by atoms with Gasteiger partial charge in [0.1, 0.15) is 5.01 Å². The van der Waals surface area contributed by atoms with Gasteiger partial charge in [-0.25, -0.2) is 8.78 Å². The van der Waals surface area contributed by atoms with Gasteiger partial charge in [0.25, 0.3) is 0 Å². The molecule has 2 aromatic rings. The number of carbonyl (C=O) groups is 1. The van der Waals surface area contributed by atoms with Crippen LogP contribution in [0.4, 0.5) is 13.9 Å². The lowest BCUT2D eigenvalue weighted by Gasteiger charge is -2.02. The number of halogens is 2. The Kier molecular flexibility index (Phi) is 5.63. The first-order chi connectivity index (χ1) is 10.1. The van der Waals surface area contributed by atoms with E-state index in [0.717, 1.165) is 41.7 Å². The van der Waals surface area contributed by atoms with Gasteiger partial charge in [-0.3, -0.25) is 10.1 Å². The standard InChI is InChI=1S/C13H13F2N3OS2/c1-2-3-12-17-18-13(21-12)16-11(19)7-20-8-4-5-9(14)10(15)6-8/h4-6H,2-3,7H2,1H3,(H,16,18,19). The van der Waals surface area contributed by atoms with Gasteiger partial charge in [-0.15, -0.1) is 22.0 Å². The Bertz CT molecular complexity index is 634. The van der Waals surface area contributed by atoms with E-state index in [1.807, 2.05) is 6.92 Å². The van der Waals surface area contributed by atoms with Crippen LogP contribution in [0.3, 0.4) is 0 Å². The minimum atomic E-state index is -0.922. The van der Waals surface area contributed by atoms with Crippen LogP contribution in [0.25, 0.3) is 0 Å². The fraction of sp³-hybridized carbons (Fsp3) is 0.308. The quantitative estimate of drug-likeness (QED) is 0.824. The van der Waals surface area contributed by atoms with E-state index in [2.05, 4.69) is 15.5 Å². The van der Waals surface area contributed by atoms with Crippen LogP contribution in [-0.2, 0) is 11.2 Å². The molecule has 1 N–H and O–H groups in total. The van der Waals surface area contributed by atoms with E-state index in [9.17, 15) is 13.6 Å². The maximum atomic E-state index is 13.0. The van der Waals surface area contributed by atoms with Crippen LogP contribution in [-0.4, -0.2) is 21.9 Å². The number of carbonyl (C=O) groups excluding carboxylic acids is 1. The van der Waals surface area contributed by atoms with Crippen molar-refractivity contribution in [2.45, 2.75) is 24.7 Å². The third-order valence-electron chi connectivity index (χ3n) is 2.44. The molecule has 0 saturated carbocycles. The number of hydrogen-bond acceptors (Lipinski definition) is 5. The van der Waals surface area contributed by atoms with Crippen LogP contribution in [0, 0.1) is 11.6 Å². The zero-order valence-corrected chi connectivity index (χ0v) is 12.9. The van der Waals surface area contributed by atoms with E-state index < -0.39 is 11.6 Å². The molecule has 0 unspecified atom stereocenters. The summed E-state index contributed by atoms with van der Waals surface area (Å²) in [5, 5.41) is 11.8. The van der Waals surface area contributed by atoms with Crippen molar-refractivity contribution in [1.29, 1.82) is 0 Å². The average Bonchev–Trinajstić information content (AvgIpc) is 2.88. The Morgan fingerprint density at radius 2 is 2.14 bits per heavy atom. The second-order valence-electron chi connectivity index (χ2n) is 4.16. The van der Waals surface area contributed by atoms with Crippen molar-refractivity contribution >= 4 is 34.1 Å². The molecular formula is C13H13F2N3OS2. The van der Waals surface area contributed by atoms with E-state index in [-0.39, 0.29) is 11.7 Å². The van der Waals surface area contributed by atoms with Crippen LogP contribution in [0.5, 0.6) is 0 Å². The molecule has 0 aliphatic rings. The van der Waals surface area contributed by atoms with Crippen molar-refractivity contribution in [2.75, 3.05) is 11.1 Å². The molecule has 0 radical (unpaired) electrons. The van der Waals surface area contributed by atoms with Gasteiger partial charge in [-0.05, 0) is 24.6 Å². The highest BCUT2D eigenvalue weighted by Crippen LogP contribution is 2.21.